The van der Waals surface area contributed by atoms with E-state index in [2.05, 4.69) is 0 Å². The van der Waals surface area contributed by atoms with E-state index in [1.807, 2.05) is 14.0 Å². The lowest BCUT2D eigenvalue weighted by Crippen LogP contribution is -2.37. The SMILES string of the molecule is CC1C[C@H](C(=O)N(C)CC2CC2)[C@H](C(=O)O)C1. The van der Waals surface area contributed by atoms with Crippen molar-refractivity contribution < 1.29 is 14.7 Å². The van der Waals surface area contributed by atoms with Crippen molar-refractivity contribution in [3.8, 4) is 0 Å². The molecule has 0 aliphatic heterocycles. The van der Waals surface area contributed by atoms with Crippen LogP contribution in [0.2, 0.25) is 0 Å². The molecule has 1 amide bonds. The van der Waals surface area contributed by atoms with E-state index < -0.39 is 11.9 Å². The van der Waals surface area contributed by atoms with Gasteiger partial charge >= 0.3 is 5.97 Å². The van der Waals surface area contributed by atoms with Crippen LogP contribution in [0.3, 0.4) is 0 Å². The topological polar surface area (TPSA) is 57.6 Å². The maximum Gasteiger partial charge on any atom is 0.307 e. The molecular formula is C13H21NO3. The molecule has 0 bridgehead atoms. The first-order valence-corrected chi connectivity index (χ1v) is 6.46. The molecule has 0 heterocycles. The highest BCUT2D eigenvalue weighted by molar-refractivity contribution is 5.85. The largest absolute Gasteiger partial charge is 0.481 e. The molecule has 4 nitrogen and oxygen atoms in total. The minimum atomic E-state index is -0.812. The fourth-order valence-corrected chi connectivity index (χ4v) is 2.90. The third-order valence-electron chi connectivity index (χ3n) is 4.04. The van der Waals surface area contributed by atoms with Gasteiger partial charge in [-0.1, -0.05) is 6.92 Å². The summed E-state index contributed by atoms with van der Waals surface area (Å²) in [5.41, 5.74) is 0. The third-order valence-corrected chi connectivity index (χ3v) is 4.04. The van der Waals surface area contributed by atoms with E-state index in [0.717, 1.165) is 13.0 Å². The van der Waals surface area contributed by atoms with E-state index in [1.165, 1.54) is 12.8 Å². The summed E-state index contributed by atoms with van der Waals surface area (Å²) in [6.45, 7) is 2.83. The average Bonchev–Trinajstić information content (AvgIpc) is 2.97. The van der Waals surface area contributed by atoms with Crippen molar-refractivity contribution in [1.29, 1.82) is 0 Å². The number of nitrogens with zero attached hydrogens (tertiary/aromatic N) is 1. The van der Waals surface area contributed by atoms with Gasteiger partial charge in [0.1, 0.15) is 0 Å². The van der Waals surface area contributed by atoms with Crippen LogP contribution >= 0.6 is 0 Å². The first kappa shape index (κ1) is 12.4. The summed E-state index contributed by atoms with van der Waals surface area (Å²) in [4.78, 5) is 25.1. The van der Waals surface area contributed by atoms with Gasteiger partial charge in [0.2, 0.25) is 5.91 Å². The molecule has 2 aliphatic carbocycles. The fraction of sp³-hybridized carbons (Fsp3) is 0.846. The van der Waals surface area contributed by atoms with Crippen LogP contribution in [0.5, 0.6) is 0 Å². The van der Waals surface area contributed by atoms with Gasteiger partial charge in [0.25, 0.3) is 0 Å². The number of aliphatic carboxylic acids is 1. The first-order chi connectivity index (χ1) is 7.99. The molecule has 4 heteroatoms. The van der Waals surface area contributed by atoms with Gasteiger partial charge in [0.15, 0.2) is 0 Å². The molecule has 1 N–H and O–H groups in total. The summed E-state index contributed by atoms with van der Waals surface area (Å²) in [7, 11) is 1.81. The maximum absolute atomic E-state index is 12.2. The van der Waals surface area contributed by atoms with E-state index in [4.69, 9.17) is 5.11 Å². The molecule has 0 spiro atoms. The molecule has 2 aliphatic rings. The highest BCUT2D eigenvalue weighted by atomic mass is 16.4. The molecule has 0 saturated heterocycles. The zero-order valence-corrected chi connectivity index (χ0v) is 10.6. The molecule has 2 fully saturated rings. The van der Waals surface area contributed by atoms with Gasteiger partial charge in [-0.3, -0.25) is 9.59 Å². The summed E-state index contributed by atoms with van der Waals surface area (Å²) >= 11 is 0. The molecule has 2 rings (SSSR count). The number of rotatable bonds is 4. The molecule has 0 aromatic carbocycles. The summed E-state index contributed by atoms with van der Waals surface area (Å²) in [5, 5.41) is 9.16. The number of carboxylic acid groups (broad SMARTS) is 1. The van der Waals surface area contributed by atoms with Gasteiger partial charge in [-0.05, 0) is 37.5 Å². The number of carbonyl (C=O) groups is 2. The standard InChI is InChI=1S/C13H21NO3/c1-8-5-10(11(6-8)13(16)17)12(15)14(2)7-9-3-4-9/h8-11H,3-7H2,1-2H3,(H,16,17)/t8?,10-,11+/m0/s1. The van der Waals surface area contributed by atoms with Crippen molar-refractivity contribution in [3.63, 3.8) is 0 Å². The van der Waals surface area contributed by atoms with Gasteiger partial charge < -0.3 is 10.0 Å². The molecule has 0 aromatic rings. The van der Waals surface area contributed by atoms with Crippen molar-refractivity contribution in [2.24, 2.45) is 23.7 Å². The minimum absolute atomic E-state index is 0.0358. The third kappa shape index (κ3) is 2.79. The number of hydrogen-bond acceptors (Lipinski definition) is 2. The van der Waals surface area contributed by atoms with Gasteiger partial charge in [-0.15, -0.1) is 0 Å². The van der Waals surface area contributed by atoms with Crippen LogP contribution in [0.25, 0.3) is 0 Å². The van der Waals surface area contributed by atoms with E-state index in [-0.39, 0.29) is 11.8 Å². The van der Waals surface area contributed by atoms with Crippen LogP contribution in [0, 0.1) is 23.7 Å². The zero-order valence-electron chi connectivity index (χ0n) is 10.6. The van der Waals surface area contributed by atoms with Crippen molar-refractivity contribution in [3.05, 3.63) is 0 Å². The zero-order chi connectivity index (χ0) is 12.6. The van der Waals surface area contributed by atoms with E-state index in [0.29, 0.717) is 18.3 Å². The molecule has 3 atom stereocenters. The van der Waals surface area contributed by atoms with Gasteiger partial charge in [-0.2, -0.15) is 0 Å². The Morgan fingerprint density at radius 2 is 1.82 bits per heavy atom. The second-order valence-corrected chi connectivity index (χ2v) is 5.79. The van der Waals surface area contributed by atoms with E-state index >= 15 is 0 Å². The predicted octanol–water partition coefficient (Wildman–Crippen LogP) is 1.60. The lowest BCUT2D eigenvalue weighted by atomic mass is 9.95. The second-order valence-electron chi connectivity index (χ2n) is 5.79. The average molecular weight is 239 g/mol. The Hall–Kier alpha value is -1.06. The van der Waals surface area contributed by atoms with Crippen LogP contribution in [-0.4, -0.2) is 35.5 Å². The van der Waals surface area contributed by atoms with Gasteiger partial charge in [-0.25, -0.2) is 0 Å². The van der Waals surface area contributed by atoms with Gasteiger partial charge in [0, 0.05) is 13.6 Å². The Bertz CT molecular complexity index is 325. The predicted molar refractivity (Wildman–Crippen MR) is 63.4 cm³/mol. The molecule has 0 aromatic heterocycles. The number of amides is 1. The van der Waals surface area contributed by atoms with Gasteiger partial charge in [0.05, 0.1) is 11.8 Å². The van der Waals surface area contributed by atoms with Crippen LogP contribution < -0.4 is 0 Å². The Balaban J connectivity index is 1.98. The van der Waals surface area contributed by atoms with E-state index in [1.54, 1.807) is 4.90 Å². The second kappa shape index (κ2) is 4.67. The summed E-state index contributed by atoms with van der Waals surface area (Å²) in [6, 6.07) is 0. The van der Waals surface area contributed by atoms with Crippen LogP contribution in [-0.2, 0) is 9.59 Å². The molecule has 1 unspecified atom stereocenters. The quantitative estimate of drug-likeness (QED) is 0.810. The number of carboxylic acids is 1. The van der Waals surface area contributed by atoms with Crippen molar-refractivity contribution in [2.75, 3.05) is 13.6 Å². The number of hydrogen-bond donors (Lipinski definition) is 1. The summed E-state index contributed by atoms with van der Waals surface area (Å²) in [5.74, 6) is -0.544. The van der Waals surface area contributed by atoms with E-state index in [9.17, 15) is 9.59 Å². The van der Waals surface area contributed by atoms with Crippen LogP contribution in [0.1, 0.15) is 32.6 Å². The normalized spacial score (nSPS) is 32.5. The maximum atomic E-state index is 12.2. The Morgan fingerprint density at radius 3 is 2.35 bits per heavy atom. The molecule has 2 saturated carbocycles. The Morgan fingerprint density at radius 1 is 1.24 bits per heavy atom. The first-order valence-electron chi connectivity index (χ1n) is 6.46. The fourth-order valence-electron chi connectivity index (χ4n) is 2.90. The van der Waals surface area contributed by atoms with Crippen molar-refractivity contribution >= 4 is 11.9 Å². The molecule has 0 radical (unpaired) electrons. The Kier molecular flexibility index (Phi) is 3.40. The van der Waals surface area contributed by atoms with Crippen molar-refractivity contribution in [1.82, 2.24) is 4.90 Å². The monoisotopic (exact) mass is 239 g/mol. The molecule has 17 heavy (non-hydrogen) atoms. The highest BCUT2D eigenvalue weighted by Crippen LogP contribution is 2.38. The van der Waals surface area contributed by atoms with Crippen LogP contribution in [0.15, 0.2) is 0 Å². The highest BCUT2D eigenvalue weighted by Gasteiger charge is 2.42. The summed E-state index contributed by atoms with van der Waals surface area (Å²) < 4.78 is 0. The Labute approximate surface area is 102 Å². The van der Waals surface area contributed by atoms with Crippen molar-refractivity contribution in [2.45, 2.75) is 32.6 Å². The smallest absolute Gasteiger partial charge is 0.307 e. The minimum Gasteiger partial charge on any atom is -0.481 e. The lowest BCUT2D eigenvalue weighted by Gasteiger charge is -2.23. The molecular weight excluding hydrogens is 218 g/mol. The number of carbonyl (C=O) groups excluding carboxylic acids is 1. The molecule has 96 valence electrons. The lowest BCUT2D eigenvalue weighted by molar-refractivity contribution is -0.148. The summed E-state index contributed by atoms with van der Waals surface area (Å²) in [6.07, 6.45) is 3.79. The van der Waals surface area contributed by atoms with Crippen LogP contribution in [0.4, 0.5) is 0 Å².